The molecule has 0 radical (unpaired) electrons. The van der Waals surface area contributed by atoms with Gasteiger partial charge in [-0.15, -0.1) is 11.3 Å². The van der Waals surface area contributed by atoms with Crippen LogP contribution in [-0.2, 0) is 16.0 Å². The Morgan fingerprint density at radius 3 is 2.70 bits per heavy atom. The number of aromatic nitrogens is 2. The Hall–Kier alpha value is -2.32. The van der Waals surface area contributed by atoms with Crippen LogP contribution < -0.4 is 5.32 Å². The number of hydrogen-bond donors (Lipinski definition) is 1. The first-order valence-electron chi connectivity index (χ1n) is 9.15. The van der Waals surface area contributed by atoms with Gasteiger partial charge in [0.2, 0.25) is 11.8 Å². The molecule has 0 saturated carbocycles. The average molecular weight is 388 g/mol. The minimum Gasteiger partial charge on any atom is -0.353 e. The van der Waals surface area contributed by atoms with Crippen LogP contribution in [0.15, 0.2) is 29.9 Å². The van der Waals surface area contributed by atoms with E-state index in [1.807, 2.05) is 36.3 Å². The van der Waals surface area contributed by atoms with E-state index in [0.717, 1.165) is 29.4 Å². The quantitative estimate of drug-likeness (QED) is 0.811. The van der Waals surface area contributed by atoms with Gasteiger partial charge in [0.1, 0.15) is 5.01 Å². The average Bonchev–Trinajstić information content (AvgIpc) is 3.11. The van der Waals surface area contributed by atoms with E-state index in [1.54, 1.807) is 12.4 Å². The fraction of sp³-hybridized carbons (Fsp3) is 0.474. The van der Waals surface area contributed by atoms with Gasteiger partial charge in [-0.1, -0.05) is 0 Å². The Bertz CT molecular complexity index is 769. The molecule has 1 N–H and O–H groups in total. The van der Waals surface area contributed by atoms with Crippen LogP contribution >= 0.6 is 11.3 Å². The van der Waals surface area contributed by atoms with Crippen LogP contribution in [0.3, 0.4) is 0 Å². The van der Waals surface area contributed by atoms with Gasteiger partial charge < -0.3 is 10.2 Å². The van der Waals surface area contributed by atoms with Gasteiger partial charge in [0.15, 0.2) is 0 Å². The number of nitrogens with zero attached hydrogens (tertiary/aromatic N) is 4. The third-order valence-corrected chi connectivity index (χ3v) is 5.27. The summed E-state index contributed by atoms with van der Waals surface area (Å²) in [6.07, 6.45) is 3.82. The molecule has 0 spiro atoms. The van der Waals surface area contributed by atoms with Crippen molar-refractivity contribution < 1.29 is 9.59 Å². The van der Waals surface area contributed by atoms with E-state index in [9.17, 15) is 9.59 Å². The van der Waals surface area contributed by atoms with Crippen molar-refractivity contribution in [1.29, 1.82) is 0 Å². The summed E-state index contributed by atoms with van der Waals surface area (Å²) < 4.78 is 0. The lowest BCUT2D eigenvalue weighted by Crippen LogP contribution is -2.51. The summed E-state index contributed by atoms with van der Waals surface area (Å²) in [4.78, 5) is 37.0. The third-order valence-electron chi connectivity index (χ3n) is 4.33. The van der Waals surface area contributed by atoms with E-state index in [4.69, 9.17) is 0 Å². The summed E-state index contributed by atoms with van der Waals surface area (Å²) in [5, 5.41) is 5.72. The zero-order chi connectivity index (χ0) is 19.2. The number of thiazole rings is 1. The maximum atomic E-state index is 12.6. The SMILES string of the molecule is CC(C)NC(=O)CN1CCN(C(=O)Cc2csc(-c3cccnc3)n2)CC1. The number of carbonyl (C=O) groups is 2. The van der Waals surface area contributed by atoms with Crippen molar-refractivity contribution in [2.24, 2.45) is 0 Å². The van der Waals surface area contributed by atoms with E-state index in [2.05, 4.69) is 20.2 Å². The molecule has 0 bridgehead atoms. The number of pyridine rings is 1. The van der Waals surface area contributed by atoms with Gasteiger partial charge in [-0.05, 0) is 26.0 Å². The molecule has 2 aromatic rings. The summed E-state index contributed by atoms with van der Waals surface area (Å²) in [5.41, 5.74) is 1.76. The molecule has 3 rings (SSSR count). The Balaban J connectivity index is 1.47. The predicted octanol–water partition coefficient (Wildman–Crippen LogP) is 1.42. The highest BCUT2D eigenvalue weighted by molar-refractivity contribution is 7.13. The summed E-state index contributed by atoms with van der Waals surface area (Å²) in [6.45, 7) is 7.02. The van der Waals surface area contributed by atoms with Gasteiger partial charge >= 0.3 is 0 Å². The van der Waals surface area contributed by atoms with Gasteiger partial charge in [-0.2, -0.15) is 0 Å². The van der Waals surface area contributed by atoms with Crippen molar-refractivity contribution in [3.8, 4) is 10.6 Å². The Labute approximate surface area is 163 Å². The standard InChI is InChI=1S/C19H25N5O2S/c1-14(2)21-17(25)12-23-6-8-24(9-7-23)18(26)10-16-13-27-19(22-16)15-4-3-5-20-11-15/h3-5,11,13-14H,6-10,12H2,1-2H3,(H,21,25). The fourth-order valence-corrected chi connectivity index (χ4v) is 3.81. The lowest BCUT2D eigenvalue weighted by molar-refractivity contribution is -0.132. The molecule has 8 heteroatoms. The molecule has 2 amide bonds. The van der Waals surface area contributed by atoms with Gasteiger partial charge in [-0.3, -0.25) is 19.5 Å². The molecule has 2 aromatic heterocycles. The lowest BCUT2D eigenvalue weighted by Gasteiger charge is -2.34. The van der Waals surface area contributed by atoms with Crippen molar-refractivity contribution in [3.63, 3.8) is 0 Å². The minimum absolute atomic E-state index is 0.0372. The maximum absolute atomic E-state index is 12.6. The van der Waals surface area contributed by atoms with Crippen LogP contribution in [0.4, 0.5) is 0 Å². The second-order valence-corrected chi connectivity index (χ2v) is 7.80. The van der Waals surface area contributed by atoms with Crippen LogP contribution in [0.2, 0.25) is 0 Å². The number of carbonyl (C=O) groups excluding carboxylic acids is 2. The number of nitrogens with one attached hydrogen (secondary N) is 1. The number of amides is 2. The number of rotatable bonds is 6. The van der Waals surface area contributed by atoms with Gasteiger partial charge in [0, 0.05) is 55.6 Å². The summed E-state index contributed by atoms with van der Waals surface area (Å²) in [7, 11) is 0. The number of hydrogen-bond acceptors (Lipinski definition) is 6. The summed E-state index contributed by atoms with van der Waals surface area (Å²) in [5.74, 6) is 0.125. The molecule has 1 saturated heterocycles. The van der Waals surface area contributed by atoms with Crippen molar-refractivity contribution in [3.05, 3.63) is 35.6 Å². The Kier molecular flexibility index (Phi) is 6.52. The molecule has 0 aliphatic carbocycles. The van der Waals surface area contributed by atoms with Crippen LogP contribution in [0, 0.1) is 0 Å². The topological polar surface area (TPSA) is 78.4 Å². The first-order valence-corrected chi connectivity index (χ1v) is 10.0. The van der Waals surface area contributed by atoms with Crippen molar-refractivity contribution >= 4 is 23.2 Å². The van der Waals surface area contributed by atoms with Crippen LogP contribution in [0.5, 0.6) is 0 Å². The van der Waals surface area contributed by atoms with E-state index >= 15 is 0 Å². The smallest absolute Gasteiger partial charge is 0.234 e. The highest BCUT2D eigenvalue weighted by atomic mass is 32.1. The second kappa shape index (κ2) is 9.05. The lowest BCUT2D eigenvalue weighted by atomic mass is 10.2. The van der Waals surface area contributed by atoms with E-state index in [0.29, 0.717) is 26.1 Å². The maximum Gasteiger partial charge on any atom is 0.234 e. The molecule has 0 unspecified atom stereocenters. The fourth-order valence-electron chi connectivity index (χ4n) is 3.00. The molecular weight excluding hydrogens is 362 g/mol. The predicted molar refractivity (Wildman–Crippen MR) is 105 cm³/mol. The molecule has 0 aromatic carbocycles. The molecule has 144 valence electrons. The minimum atomic E-state index is 0.0372. The number of piperazine rings is 1. The second-order valence-electron chi connectivity index (χ2n) is 6.94. The van der Waals surface area contributed by atoms with Crippen LogP contribution in [0.25, 0.3) is 10.6 Å². The van der Waals surface area contributed by atoms with Crippen molar-refractivity contribution in [1.82, 2.24) is 25.1 Å². The third kappa shape index (κ3) is 5.58. The molecule has 1 aliphatic rings. The molecule has 3 heterocycles. The van der Waals surface area contributed by atoms with Crippen molar-refractivity contribution in [2.75, 3.05) is 32.7 Å². The highest BCUT2D eigenvalue weighted by Gasteiger charge is 2.23. The van der Waals surface area contributed by atoms with E-state index < -0.39 is 0 Å². The summed E-state index contributed by atoms with van der Waals surface area (Å²) in [6, 6.07) is 3.99. The van der Waals surface area contributed by atoms with Crippen molar-refractivity contribution in [2.45, 2.75) is 26.3 Å². The first kappa shape index (κ1) is 19.4. The van der Waals surface area contributed by atoms with Crippen LogP contribution in [0.1, 0.15) is 19.5 Å². The summed E-state index contributed by atoms with van der Waals surface area (Å²) >= 11 is 1.53. The largest absolute Gasteiger partial charge is 0.353 e. The molecule has 7 nitrogen and oxygen atoms in total. The normalized spacial score (nSPS) is 15.1. The zero-order valence-electron chi connectivity index (χ0n) is 15.7. The Morgan fingerprint density at radius 2 is 2.04 bits per heavy atom. The molecule has 0 atom stereocenters. The Morgan fingerprint density at radius 1 is 1.26 bits per heavy atom. The van der Waals surface area contributed by atoms with E-state index in [-0.39, 0.29) is 17.9 Å². The molecular formula is C19H25N5O2S. The first-order chi connectivity index (χ1) is 13.0. The van der Waals surface area contributed by atoms with Crippen LogP contribution in [-0.4, -0.2) is 70.3 Å². The molecule has 1 aliphatic heterocycles. The zero-order valence-corrected chi connectivity index (χ0v) is 16.5. The van der Waals surface area contributed by atoms with Gasteiger partial charge in [0.05, 0.1) is 18.7 Å². The van der Waals surface area contributed by atoms with Gasteiger partial charge in [-0.25, -0.2) is 4.98 Å². The highest BCUT2D eigenvalue weighted by Crippen LogP contribution is 2.23. The molecule has 1 fully saturated rings. The van der Waals surface area contributed by atoms with E-state index in [1.165, 1.54) is 11.3 Å². The van der Waals surface area contributed by atoms with Gasteiger partial charge in [0.25, 0.3) is 0 Å². The monoisotopic (exact) mass is 387 g/mol. The molecule has 27 heavy (non-hydrogen) atoms.